The first-order valence-electron chi connectivity index (χ1n) is 6.73. The molecule has 0 bridgehead atoms. The lowest BCUT2D eigenvalue weighted by Gasteiger charge is -2.22. The summed E-state index contributed by atoms with van der Waals surface area (Å²) in [6, 6.07) is -0.204. The van der Waals surface area contributed by atoms with Crippen LogP contribution in [0.1, 0.15) is 17.0 Å². The molecule has 0 aromatic carbocycles. The molecule has 1 atom stereocenters. The highest BCUT2D eigenvalue weighted by atomic mass is 16.2. The number of aryl methyl sites for hydroxylation is 1. The van der Waals surface area contributed by atoms with Gasteiger partial charge in [-0.15, -0.1) is 0 Å². The van der Waals surface area contributed by atoms with Gasteiger partial charge in [-0.05, 0) is 12.5 Å². The summed E-state index contributed by atoms with van der Waals surface area (Å²) < 4.78 is 1.83. The zero-order valence-corrected chi connectivity index (χ0v) is 11.4. The molecular weight excluding hydrogens is 256 g/mol. The summed E-state index contributed by atoms with van der Waals surface area (Å²) in [5, 5.41) is 10.3. The zero-order chi connectivity index (χ0) is 13.9. The minimum Gasteiger partial charge on any atom is -0.353 e. The number of hydrogen-bond donors (Lipinski definition) is 3. The van der Waals surface area contributed by atoms with Gasteiger partial charge in [0.15, 0.2) is 0 Å². The Bertz CT molecular complexity index is 602. The number of amides is 1. The van der Waals surface area contributed by atoms with E-state index in [1.807, 2.05) is 24.0 Å². The van der Waals surface area contributed by atoms with Crippen molar-refractivity contribution in [2.45, 2.75) is 32.5 Å². The minimum atomic E-state index is -0.204. The van der Waals surface area contributed by atoms with E-state index in [9.17, 15) is 4.79 Å². The molecular formula is C13H18N6O. The maximum Gasteiger partial charge on any atom is 0.237 e. The number of rotatable bonds is 4. The molecule has 3 rings (SSSR count). The average molecular weight is 274 g/mol. The molecule has 7 nitrogen and oxygen atoms in total. The molecule has 3 N–H and O–H groups in total. The average Bonchev–Trinajstić information content (AvgIpc) is 3.06. The standard InChI is InChI=1S/C13H18N6O/c1-9-5-18-19(7-9)3-2-14-13(20)11-4-10-12(6-15-11)17-8-16-10/h5,7-8,11,15H,2-4,6H2,1H3,(H,14,20)(H,16,17). The first-order chi connectivity index (χ1) is 9.72. The van der Waals surface area contributed by atoms with Gasteiger partial charge in [0, 0.05) is 25.7 Å². The fourth-order valence-corrected chi connectivity index (χ4v) is 2.36. The highest BCUT2D eigenvalue weighted by Crippen LogP contribution is 2.11. The third-order valence-electron chi connectivity index (χ3n) is 3.45. The molecule has 0 spiro atoms. The largest absolute Gasteiger partial charge is 0.353 e. The van der Waals surface area contributed by atoms with Gasteiger partial charge >= 0.3 is 0 Å². The number of nitrogens with one attached hydrogen (secondary N) is 3. The molecule has 0 radical (unpaired) electrons. The fraction of sp³-hybridized carbons (Fsp3) is 0.462. The van der Waals surface area contributed by atoms with Crippen molar-refractivity contribution in [2.24, 2.45) is 0 Å². The Kier molecular flexibility index (Phi) is 3.51. The van der Waals surface area contributed by atoms with Gasteiger partial charge < -0.3 is 10.3 Å². The summed E-state index contributed by atoms with van der Waals surface area (Å²) in [6.45, 7) is 3.91. The number of carbonyl (C=O) groups excluding carboxylic acids is 1. The van der Waals surface area contributed by atoms with Crippen LogP contribution >= 0.6 is 0 Å². The van der Waals surface area contributed by atoms with E-state index in [0.717, 1.165) is 17.0 Å². The number of fused-ring (bicyclic) bond motifs is 1. The molecule has 3 heterocycles. The first kappa shape index (κ1) is 12.9. The van der Waals surface area contributed by atoms with E-state index in [4.69, 9.17) is 0 Å². The van der Waals surface area contributed by atoms with Gasteiger partial charge in [-0.3, -0.25) is 14.8 Å². The lowest BCUT2D eigenvalue weighted by Crippen LogP contribution is -2.48. The molecule has 7 heteroatoms. The Morgan fingerprint density at radius 2 is 2.50 bits per heavy atom. The molecule has 0 fully saturated rings. The van der Waals surface area contributed by atoms with Crippen molar-refractivity contribution in [1.29, 1.82) is 0 Å². The van der Waals surface area contributed by atoms with Gasteiger partial charge in [0.1, 0.15) is 0 Å². The Balaban J connectivity index is 1.48. The summed E-state index contributed by atoms with van der Waals surface area (Å²) >= 11 is 0. The van der Waals surface area contributed by atoms with Crippen LogP contribution in [0, 0.1) is 6.92 Å². The number of carbonyl (C=O) groups is 1. The molecule has 1 aliphatic heterocycles. The molecule has 0 saturated carbocycles. The molecule has 2 aromatic heterocycles. The van der Waals surface area contributed by atoms with Gasteiger partial charge in [0.25, 0.3) is 0 Å². The van der Waals surface area contributed by atoms with Gasteiger partial charge in [0.2, 0.25) is 5.91 Å². The van der Waals surface area contributed by atoms with Crippen LogP contribution in [0.2, 0.25) is 0 Å². The number of aromatic amines is 1. The summed E-state index contributed by atoms with van der Waals surface area (Å²) in [7, 11) is 0. The highest BCUT2D eigenvalue weighted by molar-refractivity contribution is 5.82. The maximum atomic E-state index is 12.1. The van der Waals surface area contributed by atoms with Crippen molar-refractivity contribution in [3.05, 3.63) is 35.7 Å². The Hall–Kier alpha value is -2.15. The Morgan fingerprint density at radius 3 is 3.30 bits per heavy atom. The van der Waals surface area contributed by atoms with Crippen LogP contribution in [0.25, 0.3) is 0 Å². The number of aromatic nitrogens is 4. The van der Waals surface area contributed by atoms with Crippen molar-refractivity contribution < 1.29 is 4.79 Å². The van der Waals surface area contributed by atoms with E-state index in [2.05, 4.69) is 25.7 Å². The van der Waals surface area contributed by atoms with Gasteiger partial charge in [-0.25, -0.2) is 4.98 Å². The normalized spacial score (nSPS) is 17.8. The van der Waals surface area contributed by atoms with Crippen molar-refractivity contribution in [1.82, 2.24) is 30.4 Å². The molecule has 0 aliphatic carbocycles. The van der Waals surface area contributed by atoms with Crippen LogP contribution in [-0.2, 0) is 24.3 Å². The number of hydrogen-bond acceptors (Lipinski definition) is 4. The summed E-state index contributed by atoms with van der Waals surface area (Å²) in [5.74, 6) is 0.0162. The molecule has 2 aromatic rings. The van der Waals surface area contributed by atoms with Gasteiger partial charge in [-0.2, -0.15) is 5.10 Å². The molecule has 1 unspecified atom stereocenters. The number of H-pyrrole nitrogens is 1. The van der Waals surface area contributed by atoms with Crippen molar-refractivity contribution >= 4 is 5.91 Å². The topological polar surface area (TPSA) is 87.6 Å². The summed E-state index contributed by atoms with van der Waals surface area (Å²) in [5.41, 5.74) is 3.17. The maximum absolute atomic E-state index is 12.1. The lowest BCUT2D eigenvalue weighted by atomic mass is 10.0. The van der Waals surface area contributed by atoms with Gasteiger partial charge in [-0.1, -0.05) is 0 Å². The predicted octanol–water partition coefficient (Wildman–Crippen LogP) is -0.255. The van der Waals surface area contributed by atoms with Crippen molar-refractivity contribution in [2.75, 3.05) is 6.54 Å². The summed E-state index contributed by atoms with van der Waals surface area (Å²) in [4.78, 5) is 19.4. The minimum absolute atomic E-state index is 0.0162. The zero-order valence-electron chi connectivity index (χ0n) is 11.4. The second-order valence-corrected chi connectivity index (χ2v) is 5.04. The third-order valence-corrected chi connectivity index (χ3v) is 3.45. The number of nitrogens with zero attached hydrogens (tertiary/aromatic N) is 3. The van der Waals surface area contributed by atoms with Crippen molar-refractivity contribution in [3.8, 4) is 0 Å². The molecule has 1 amide bonds. The summed E-state index contributed by atoms with van der Waals surface area (Å²) in [6.07, 6.45) is 6.07. The number of imidazole rings is 1. The van der Waals surface area contributed by atoms with E-state index >= 15 is 0 Å². The van der Waals surface area contributed by atoms with Gasteiger partial charge in [0.05, 0.1) is 36.5 Å². The second-order valence-electron chi connectivity index (χ2n) is 5.04. The van der Waals surface area contributed by atoms with Crippen LogP contribution in [-0.4, -0.2) is 38.2 Å². The smallest absolute Gasteiger partial charge is 0.237 e. The molecule has 20 heavy (non-hydrogen) atoms. The monoisotopic (exact) mass is 274 g/mol. The van der Waals surface area contributed by atoms with E-state index in [1.165, 1.54) is 0 Å². The van der Waals surface area contributed by atoms with Crippen LogP contribution in [0.4, 0.5) is 0 Å². The third kappa shape index (κ3) is 2.72. The van der Waals surface area contributed by atoms with Crippen LogP contribution in [0.3, 0.4) is 0 Å². The van der Waals surface area contributed by atoms with Crippen molar-refractivity contribution in [3.63, 3.8) is 0 Å². The van der Waals surface area contributed by atoms with Crippen LogP contribution < -0.4 is 10.6 Å². The molecule has 0 saturated heterocycles. The molecule has 106 valence electrons. The second kappa shape index (κ2) is 5.46. The van der Waals surface area contributed by atoms with E-state index < -0.39 is 0 Å². The van der Waals surface area contributed by atoms with E-state index in [0.29, 0.717) is 26.1 Å². The van der Waals surface area contributed by atoms with E-state index in [1.54, 1.807) is 6.33 Å². The predicted molar refractivity (Wildman–Crippen MR) is 72.9 cm³/mol. The molecule has 1 aliphatic rings. The van der Waals surface area contributed by atoms with E-state index in [-0.39, 0.29) is 11.9 Å². The van der Waals surface area contributed by atoms with Crippen LogP contribution in [0.5, 0.6) is 0 Å². The van der Waals surface area contributed by atoms with Crippen LogP contribution in [0.15, 0.2) is 18.7 Å². The lowest BCUT2D eigenvalue weighted by molar-refractivity contribution is -0.123. The Labute approximate surface area is 116 Å². The first-order valence-corrected chi connectivity index (χ1v) is 6.73. The quantitative estimate of drug-likeness (QED) is 0.717. The SMILES string of the molecule is Cc1cnn(CCNC(=O)C2Cc3nc[nH]c3CN2)c1. The Morgan fingerprint density at radius 1 is 1.60 bits per heavy atom. The highest BCUT2D eigenvalue weighted by Gasteiger charge is 2.25. The fourth-order valence-electron chi connectivity index (χ4n) is 2.36.